The van der Waals surface area contributed by atoms with Crippen LogP contribution in [0, 0.1) is 0 Å². The molecule has 0 saturated carbocycles. The van der Waals surface area contributed by atoms with Crippen molar-refractivity contribution in [3.8, 4) is 5.75 Å². The molecule has 0 N–H and O–H groups in total. The van der Waals surface area contributed by atoms with Crippen LogP contribution in [0.25, 0.3) is 0 Å². The third-order valence-electron chi connectivity index (χ3n) is 1.25. The molecule has 5 heteroatoms. The summed E-state index contributed by atoms with van der Waals surface area (Å²) in [6.07, 6.45) is 0.600. The molecule has 0 atom stereocenters. The number of carbonyl (C=O) groups excluding carboxylic acids is 1. The van der Waals surface area contributed by atoms with Gasteiger partial charge >= 0.3 is 5.57 Å². The molecule has 70 valence electrons. The second kappa shape index (κ2) is 3.70. The lowest BCUT2D eigenvalue weighted by molar-refractivity contribution is -0.0964. The summed E-state index contributed by atoms with van der Waals surface area (Å²) >= 11 is 4.52. The smallest absolute Gasteiger partial charge is 0.420 e. The lowest BCUT2D eigenvalue weighted by atomic mass is 10.2. The monoisotopic (exact) mass is 206 g/mol. The summed E-state index contributed by atoms with van der Waals surface area (Å²) in [7, 11) is 0. The average Bonchev–Trinajstić information content (AvgIpc) is 2.03. The van der Waals surface area contributed by atoms with Crippen LogP contribution in [0.2, 0.25) is 0 Å². The molecule has 13 heavy (non-hydrogen) atoms. The fourth-order valence-corrected chi connectivity index (χ4v) is 0.837. The Hall–Kier alpha value is -1.16. The number of rotatable bonds is 3. The Morgan fingerprint density at radius 3 is 2.23 bits per heavy atom. The number of hydrogen-bond donors (Lipinski definition) is 0. The molecule has 0 radical (unpaired) electrons. The van der Waals surface area contributed by atoms with Crippen molar-refractivity contribution in [3.63, 3.8) is 0 Å². The molecule has 0 unspecified atom stereocenters. The number of aldehydes is 1. The number of alkyl halides is 3. The highest BCUT2D eigenvalue weighted by molar-refractivity contribution is 6.20. The molecular weight excluding hydrogens is 202 g/mol. The van der Waals surface area contributed by atoms with Crippen molar-refractivity contribution in [2.24, 2.45) is 0 Å². The predicted octanol–water partition coefficient (Wildman–Crippen LogP) is 2.67. The normalized spacial score (nSPS) is 11.0. The number of halogens is 3. The third-order valence-corrected chi connectivity index (χ3v) is 1.33. The van der Waals surface area contributed by atoms with Gasteiger partial charge in [-0.15, -0.1) is 8.78 Å². The van der Waals surface area contributed by atoms with Crippen LogP contribution in [0.5, 0.6) is 5.75 Å². The van der Waals surface area contributed by atoms with Crippen LogP contribution in [-0.2, 0) is 0 Å². The van der Waals surface area contributed by atoms with Gasteiger partial charge in [0.1, 0.15) is 12.0 Å². The van der Waals surface area contributed by atoms with E-state index >= 15 is 0 Å². The molecule has 0 heterocycles. The summed E-state index contributed by atoms with van der Waals surface area (Å²) < 4.78 is 28.1. The highest BCUT2D eigenvalue weighted by Gasteiger charge is 2.27. The first kappa shape index (κ1) is 9.92. The molecule has 0 spiro atoms. The van der Waals surface area contributed by atoms with Crippen molar-refractivity contribution in [2.45, 2.75) is 5.57 Å². The maximum absolute atomic E-state index is 12.1. The van der Waals surface area contributed by atoms with Gasteiger partial charge in [0.15, 0.2) is 0 Å². The maximum atomic E-state index is 12.1. The minimum absolute atomic E-state index is 0.0920. The van der Waals surface area contributed by atoms with E-state index in [4.69, 9.17) is 0 Å². The molecule has 0 aliphatic heterocycles. The van der Waals surface area contributed by atoms with Gasteiger partial charge < -0.3 is 4.74 Å². The largest absolute Gasteiger partial charge is 0.487 e. The van der Waals surface area contributed by atoms with Gasteiger partial charge in [-0.25, -0.2) is 0 Å². The lowest BCUT2D eigenvalue weighted by Gasteiger charge is -2.09. The van der Waals surface area contributed by atoms with Crippen molar-refractivity contribution < 1.29 is 18.3 Å². The average molecular weight is 207 g/mol. The summed E-state index contributed by atoms with van der Waals surface area (Å²) in [4.78, 5) is 10.2. The van der Waals surface area contributed by atoms with E-state index in [1.54, 1.807) is 0 Å². The van der Waals surface area contributed by atoms with Crippen LogP contribution < -0.4 is 4.74 Å². The van der Waals surface area contributed by atoms with Crippen molar-refractivity contribution in [3.05, 3.63) is 29.8 Å². The Morgan fingerprint density at radius 1 is 1.31 bits per heavy atom. The highest BCUT2D eigenvalue weighted by Crippen LogP contribution is 2.24. The molecule has 1 aromatic rings. The van der Waals surface area contributed by atoms with Crippen LogP contribution in [0.4, 0.5) is 8.78 Å². The first-order chi connectivity index (χ1) is 6.01. The maximum Gasteiger partial charge on any atom is 0.487 e. The molecule has 0 bridgehead atoms. The van der Waals surface area contributed by atoms with E-state index in [1.165, 1.54) is 24.3 Å². The summed E-state index contributed by atoms with van der Waals surface area (Å²) in [6.45, 7) is 0. The van der Waals surface area contributed by atoms with Crippen molar-refractivity contribution in [2.75, 3.05) is 0 Å². The Kier molecular flexibility index (Phi) is 2.83. The molecule has 0 amide bonds. The molecule has 0 aromatic heterocycles. The predicted molar refractivity (Wildman–Crippen MR) is 43.3 cm³/mol. The molecule has 0 fully saturated rings. The minimum atomic E-state index is -3.72. The zero-order valence-electron chi connectivity index (χ0n) is 6.34. The first-order valence-electron chi connectivity index (χ1n) is 3.32. The molecule has 0 saturated heterocycles. The van der Waals surface area contributed by atoms with Crippen molar-refractivity contribution in [1.29, 1.82) is 0 Å². The Morgan fingerprint density at radius 2 is 1.85 bits per heavy atom. The number of benzene rings is 1. The van der Waals surface area contributed by atoms with Gasteiger partial charge in [0.2, 0.25) is 0 Å². The number of hydrogen-bond acceptors (Lipinski definition) is 2. The van der Waals surface area contributed by atoms with E-state index in [9.17, 15) is 13.6 Å². The van der Waals surface area contributed by atoms with Gasteiger partial charge in [-0.1, -0.05) is 0 Å². The summed E-state index contributed by atoms with van der Waals surface area (Å²) in [5.41, 5.74) is -3.34. The van der Waals surface area contributed by atoms with Gasteiger partial charge in [-0.2, -0.15) is 0 Å². The SMILES string of the molecule is O=Cc1ccc(OC(F)(F)Cl)cc1. The Labute approximate surface area is 78.1 Å². The molecular formula is C8H5ClF2O2. The van der Waals surface area contributed by atoms with Crippen LogP contribution in [0.3, 0.4) is 0 Å². The lowest BCUT2D eigenvalue weighted by Crippen LogP contribution is -2.15. The second-order valence-electron chi connectivity index (χ2n) is 2.23. The van der Waals surface area contributed by atoms with Crippen LogP contribution in [0.1, 0.15) is 10.4 Å². The van der Waals surface area contributed by atoms with E-state index in [1.807, 2.05) is 0 Å². The second-order valence-corrected chi connectivity index (χ2v) is 2.67. The van der Waals surface area contributed by atoms with Gasteiger partial charge in [0, 0.05) is 17.2 Å². The summed E-state index contributed by atoms with van der Waals surface area (Å²) in [5.74, 6) is -0.0920. The molecule has 2 nitrogen and oxygen atoms in total. The van der Waals surface area contributed by atoms with Crippen LogP contribution >= 0.6 is 11.6 Å². The van der Waals surface area contributed by atoms with Crippen LogP contribution in [0.15, 0.2) is 24.3 Å². The van der Waals surface area contributed by atoms with Gasteiger partial charge in [0.25, 0.3) is 0 Å². The zero-order chi connectivity index (χ0) is 9.90. The van der Waals surface area contributed by atoms with E-state index in [-0.39, 0.29) is 5.75 Å². The van der Waals surface area contributed by atoms with Gasteiger partial charge in [-0.3, -0.25) is 4.79 Å². The summed E-state index contributed by atoms with van der Waals surface area (Å²) in [6, 6.07) is 5.18. The first-order valence-corrected chi connectivity index (χ1v) is 3.70. The Bertz CT molecular complexity index is 292. The quantitative estimate of drug-likeness (QED) is 0.561. The minimum Gasteiger partial charge on any atom is -0.420 e. The highest BCUT2D eigenvalue weighted by atomic mass is 35.5. The number of ether oxygens (including phenoxy) is 1. The van der Waals surface area contributed by atoms with E-state index in [2.05, 4.69) is 16.3 Å². The summed E-state index contributed by atoms with van der Waals surface area (Å²) in [5, 5.41) is 0. The van der Waals surface area contributed by atoms with E-state index in [0.29, 0.717) is 11.8 Å². The fraction of sp³-hybridized carbons (Fsp3) is 0.125. The van der Waals surface area contributed by atoms with Gasteiger partial charge in [-0.05, 0) is 24.3 Å². The fourth-order valence-electron chi connectivity index (χ4n) is 0.748. The zero-order valence-corrected chi connectivity index (χ0v) is 7.09. The van der Waals surface area contributed by atoms with Crippen LogP contribution in [-0.4, -0.2) is 11.9 Å². The van der Waals surface area contributed by atoms with E-state index < -0.39 is 5.57 Å². The molecule has 0 aliphatic rings. The molecule has 1 aromatic carbocycles. The van der Waals surface area contributed by atoms with E-state index in [0.717, 1.165) is 0 Å². The Balaban J connectivity index is 2.75. The molecule has 0 aliphatic carbocycles. The van der Waals surface area contributed by atoms with Crippen molar-refractivity contribution >= 4 is 17.9 Å². The molecule has 1 rings (SSSR count). The van der Waals surface area contributed by atoms with Gasteiger partial charge in [0.05, 0.1) is 0 Å². The third kappa shape index (κ3) is 3.38. The van der Waals surface area contributed by atoms with Crippen molar-refractivity contribution in [1.82, 2.24) is 0 Å². The standard InChI is InChI=1S/C8H5ClF2O2/c9-8(10,11)13-7-3-1-6(5-12)2-4-7/h1-5H. The topological polar surface area (TPSA) is 26.3 Å². The number of carbonyl (C=O) groups is 1.